The van der Waals surface area contributed by atoms with E-state index in [-0.39, 0.29) is 47.8 Å². The van der Waals surface area contributed by atoms with Crippen molar-refractivity contribution in [3.63, 3.8) is 0 Å². The van der Waals surface area contributed by atoms with Crippen molar-refractivity contribution < 1.29 is 14.4 Å². The summed E-state index contributed by atoms with van der Waals surface area (Å²) in [5.41, 5.74) is 1.44. The predicted molar refractivity (Wildman–Crippen MR) is 111 cm³/mol. The first-order chi connectivity index (χ1) is 14.6. The molecule has 30 heavy (non-hydrogen) atoms. The highest BCUT2D eigenvalue weighted by Crippen LogP contribution is 2.50. The number of nitrogens with zero attached hydrogens (tertiary/aromatic N) is 2. The molecule has 2 aromatic rings. The summed E-state index contributed by atoms with van der Waals surface area (Å²) >= 11 is 0. The summed E-state index contributed by atoms with van der Waals surface area (Å²) in [6.07, 6.45) is 9.50. The van der Waals surface area contributed by atoms with Gasteiger partial charge in [-0.05, 0) is 42.4 Å². The number of likely N-dealkylation sites (tertiary alicyclic amines) is 1. The number of imide groups is 1. The van der Waals surface area contributed by atoms with Gasteiger partial charge in [0.25, 0.3) is 0 Å². The average molecular weight is 401 g/mol. The fourth-order valence-corrected chi connectivity index (χ4v) is 5.21. The number of rotatable bonds is 5. The number of nitrogens with one attached hydrogen (secondary N) is 1. The molecule has 1 aliphatic heterocycles. The lowest BCUT2D eigenvalue weighted by Crippen LogP contribution is -2.49. The highest BCUT2D eigenvalue weighted by atomic mass is 16.2. The molecule has 1 aromatic heterocycles. The third-order valence-electron chi connectivity index (χ3n) is 6.61. The number of anilines is 1. The van der Waals surface area contributed by atoms with Gasteiger partial charge in [-0.1, -0.05) is 42.5 Å². The van der Waals surface area contributed by atoms with Crippen LogP contribution in [0.15, 0.2) is 67.0 Å². The molecule has 1 N–H and O–H groups in total. The van der Waals surface area contributed by atoms with Crippen LogP contribution in [0.4, 0.5) is 5.69 Å². The molecule has 3 amide bonds. The molecule has 0 spiro atoms. The van der Waals surface area contributed by atoms with Crippen LogP contribution in [0.5, 0.6) is 0 Å². The van der Waals surface area contributed by atoms with Crippen LogP contribution < -0.4 is 5.32 Å². The van der Waals surface area contributed by atoms with Gasteiger partial charge in [-0.25, -0.2) is 0 Å². The summed E-state index contributed by atoms with van der Waals surface area (Å²) in [5.74, 6) is -1.23. The molecular weight excluding hydrogens is 378 g/mol. The first kappa shape index (κ1) is 18.7. The summed E-state index contributed by atoms with van der Waals surface area (Å²) in [7, 11) is 0. The van der Waals surface area contributed by atoms with Crippen LogP contribution in [0.25, 0.3) is 0 Å². The van der Waals surface area contributed by atoms with Crippen LogP contribution in [0.3, 0.4) is 0 Å². The SMILES string of the molecule is O=C(Nc1cccnc1)[C@H](Cc1ccccc1)N1C(=O)[C@@H]2[C@@H](C1=O)[C@H]1C=C[C@H]2CC1. The van der Waals surface area contributed by atoms with Crippen LogP contribution in [-0.4, -0.2) is 33.6 Å². The molecule has 1 saturated carbocycles. The van der Waals surface area contributed by atoms with E-state index >= 15 is 0 Å². The van der Waals surface area contributed by atoms with E-state index in [0.29, 0.717) is 5.69 Å². The number of aromatic nitrogens is 1. The Hall–Kier alpha value is -3.28. The van der Waals surface area contributed by atoms with Gasteiger partial charge >= 0.3 is 0 Å². The number of amides is 3. The molecule has 6 heteroatoms. The van der Waals surface area contributed by atoms with Gasteiger partial charge in [0.05, 0.1) is 23.7 Å². The van der Waals surface area contributed by atoms with Gasteiger partial charge in [0, 0.05) is 12.6 Å². The van der Waals surface area contributed by atoms with E-state index in [1.54, 1.807) is 24.5 Å². The van der Waals surface area contributed by atoms with E-state index in [2.05, 4.69) is 22.5 Å². The fraction of sp³-hybridized carbons (Fsp3) is 0.333. The van der Waals surface area contributed by atoms with Crippen molar-refractivity contribution in [2.75, 3.05) is 5.32 Å². The van der Waals surface area contributed by atoms with Crippen molar-refractivity contribution in [1.82, 2.24) is 9.88 Å². The monoisotopic (exact) mass is 401 g/mol. The predicted octanol–water partition coefficient (Wildman–Crippen LogP) is 2.83. The van der Waals surface area contributed by atoms with Crippen LogP contribution in [-0.2, 0) is 20.8 Å². The van der Waals surface area contributed by atoms with E-state index < -0.39 is 6.04 Å². The molecule has 4 aliphatic rings. The molecule has 0 radical (unpaired) electrons. The lowest BCUT2D eigenvalue weighted by Gasteiger charge is -2.38. The fourth-order valence-electron chi connectivity index (χ4n) is 5.21. The number of fused-ring (bicyclic) bond motifs is 1. The van der Waals surface area contributed by atoms with Crippen molar-refractivity contribution in [2.24, 2.45) is 23.7 Å². The molecule has 1 aromatic carbocycles. The lowest BCUT2D eigenvalue weighted by molar-refractivity contribution is -0.146. The van der Waals surface area contributed by atoms with E-state index in [0.717, 1.165) is 18.4 Å². The summed E-state index contributed by atoms with van der Waals surface area (Å²) < 4.78 is 0. The van der Waals surface area contributed by atoms with E-state index in [1.807, 2.05) is 30.3 Å². The highest BCUT2D eigenvalue weighted by molar-refractivity contribution is 6.10. The highest BCUT2D eigenvalue weighted by Gasteiger charge is 2.58. The molecule has 2 heterocycles. The van der Waals surface area contributed by atoms with Crippen molar-refractivity contribution in [1.29, 1.82) is 0 Å². The largest absolute Gasteiger partial charge is 0.323 e. The zero-order valence-corrected chi connectivity index (χ0v) is 16.5. The summed E-state index contributed by atoms with van der Waals surface area (Å²) in [6, 6.07) is 12.1. The van der Waals surface area contributed by atoms with Gasteiger partial charge in [0.2, 0.25) is 17.7 Å². The number of allylic oxidation sites excluding steroid dienone is 2. The molecule has 6 nitrogen and oxygen atoms in total. The second-order valence-electron chi connectivity index (χ2n) is 8.32. The Morgan fingerprint density at radius 3 is 2.23 bits per heavy atom. The minimum Gasteiger partial charge on any atom is -0.323 e. The number of pyridine rings is 1. The molecule has 2 bridgehead atoms. The maximum Gasteiger partial charge on any atom is 0.248 e. The molecule has 152 valence electrons. The Balaban J connectivity index is 1.47. The van der Waals surface area contributed by atoms with Crippen molar-refractivity contribution >= 4 is 23.4 Å². The maximum absolute atomic E-state index is 13.4. The first-order valence-electron chi connectivity index (χ1n) is 10.4. The standard InChI is InChI=1S/C24H23N3O3/c28-22(26-18-7-4-12-25-14-18)19(13-15-5-2-1-3-6-15)27-23(29)20-16-8-9-17(11-10-16)21(20)24(27)30/h1-9,12,14,16-17,19-21H,10-11,13H2,(H,26,28)/t16-,17-,19-,20-,21-/m0/s1. The van der Waals surface area contributed by atoms with Gasteiger partial charge < -0.3 is 5.32 Å². The second-order valence-corrected chi connectivity index (χ2v) is 8.32. The number of hydrogen-bond acceptors (Lipinski definition) is 4. The van der Waals surface area contributed by atoms with Gasteiger partial charge in [0.15, 0.2) is 0 Å². The van der Waals surface area contributed by atoms with Gasteiger partial charge in [-0.2, -0.15) is 0 Å². The van der Waals surface area contributed by atoms with Gasteiger partial charge in [-0.3, -0.25) is 24.3 Å². The Bertz CT molecular complexity index is 973. The molecule has 1 saturated heterocycles. The summed E-state index contributed by atoms with van der Waals surface area (Å²) in [5, 5.41) is 2.84. The summed E-state index contributed by atoms with van der Waals surface area (Å²) in [4.78, 5) is 45.4. The smallest absolute Gasteiger partial charge is 0.248 e. The van der Waals surface area contributed by atoms with Crippen LogP contribution >= 0.6 is 0 Å². The van der Waals surface area contributed by atoms with Gasteiger partial charge in [-0.15, -0.1) is 0 Å². The lowest BCUT2D eigenvalue weighted by atomic mass is 9.63. The maximum atomic E-state index is 13.4. The molecule has 3 aliphatic carbocycles. The first-order valence-corrected chi connectivity index (χ1v) is 10.4. The van der Waals surface area contributed by atoms with Crippen LogP contribution in [0, 0.1) is 23.7 Å². The number of carbonyl (C=O) groups is 3. The number of hydrogen-bond donors (Lipinski definition) is 1. The van der Waals surface area contributed by atoms with Crippen molar-refractivity contribution in [3.05, 3.63) is 72.6 Å². The third-order valence-corrected chi connectivity index (χ3v) is 6.61. The van der Waals surface area contributed by atoms with Gasteiger partial charge in [0.1, 0.15) is 6.04 Å². The normalized spacial score (nSPS) is 27.8. The summed E-state index contributed by atoms with van der Waals surface area (Å²) in [6.45, 7) is 0. The zero-order valence-electron chi connectivity index (χ0n) is 16.5. The molecule has 5 atom stereocenters. The second kappa shape index (κ2) is 7.52. The molecule has 6 rings (SSSR count). The Morgan fingerprint density at radius 1 is 1.00 bits per heavy atom. The van der Waals surface area contributed by atoms with Crippen LogP contribution in [0.2, 0.25) is 0 Å². The Labute approximate surface area is 175 Å². The van der Waals surface area contributed by atoms with Crippen molar-refractivity contribution in [3.8, 4) is 0 Å². The Kier molecular flexibility index (Phi) is 4.69. The number of benzene rings is 1. The third kappa shape index (κ3) is 3.12. The molecular formula is C24H23N3O3. The molecule has 0 unspecified atom stereocenters. The molecule has 2 fully saturated rings. The van der Waals surface area contributed by atoms with E-state index in [4.69, 9.17) is 0 Å². The van der Waals surface area contributed by atoms with E-state index in [9.17, 15) is 14.4 Å². The van der Waals surface area contributed by atoms with Crippen LogP contribution in [0.1, 0.15) is 18.4 Å². The Morgan fingerprint density at radius 2 is 1.67 bits per heavy atom. The number of carbonyl (C=O) groups excluding carboxylic acids is 3. The topological polar surface area (TPSA) is 79.4 Å². The average Bonchev–Trinajstić information content (AvgIpc) is 3.07. The van der Waals surface area contributed by atoms with E-state index in [1.165, 1.54) is 4.90 Å². The zero-order chi connectivity index (χ0) is 20.7. The minimum atomic E-state index is -0.891. The van der Waals surface area contributed by atoms with Crippen molar-refractivity contribution in [2.45, 2.75) is 25.3 Å². The quantitative estimate of drug-likeness (QED) is 0.617. The minimum absolute atomic E-state index is 0.0974.